The van der Waals surface area contributed by atoms with Gasteiger partial charge in [-0.15, -0.1) is 24.8 Å². The quantitative estimate of drug-likeness (QED) is 0.820. The van der Waals surface area contributed by atoms with Crippen LogP contribution >= 0.6 is 24.8 Å². The first-order valence-corrected chi connectivity index (χ1v) is 8.59. The molecule has 2 fully saturated rings. The second-order valence-corrected chi connectivity index (χ2v) is 6.27. The average molecular weight is 377 g/mol. The average Bonchev–Trinajstić information content (AvgIpc) is 2.52. The maximum Gasteiger partial charge on any atom is 0.161 e. The third-order valence-electron chi connectivity index (χ3n) is 4.97. The van der Waals surface area contributed by atoms with Crippen LogP contribution in [-0.4, -0.2) is 44.8 Å². The Labute approximate surface area is 158 Å². The van der Waals surface area contributed by atoms with Crippen molar-refractivity contribution in [3.8, 4) is 11.5 Å². The van der Waals surface area contributed by atoms with Crippen LogP contribution in [0.1, 0.15) is 37.8 Å². The summed E-state index contributed by atoms with van der Waals surface area (Å²) >= 11 is 0. The summed E-state index contributed by atoms with van der Waals surface area (Å²) in [6.45, 7) is 7.15. The van der Waals surface area contributed by atoms with Gasteiger partial charge in [-0.2, -0.15) is 0 Å². The van der Waals surface area contributed by atoms with Crippen molar-refractivity contribution in [1.82, 2.24) is 10.2 Å². The molecule has 0 radical (unpaired) electrons. The van der Waals surface area contributed by atoms with Crippen molar-refractivity contribution in [1.29, 1.82) is 0 Å². The number of piperazine rings is 1. The Morgan fingerprint density at radius 1 is 1.17 bits per heavy atom. The number of nitrogens with one attached hydrogen (secondary N) is 1. The molecule has 1 atom stereocenters. The number of methoxy groups -OCH3 is 1. The van der Waals surface area contributed by atoms with Crippen molar-refractivity contribution < 1.29 is 9.47 Å². The first-order valence-electron chi connectivity index (χ1n) is 8.59. The molecule has 1 N–H and O–H groups in total. The fourth-order valence-electron chi connectivity index (χ4n) is 3.64. The first kappa shape index (κ1) is 21.4. The van der Waals surface area contributed by atoms with Gasteiger partial charge >= 0.3 is 0 Å². The van der Waals surface area contributed by atoms with Gasteiger partial charge in [0.1, 0.15) is 0 Å². The van der Waals surface area contributed by atoms with Crippen LogP contribution in [0, 0.1) is 5.92 Å². The lowest BCUT2D eigenvalue weighted by atomic mass is 9.76. The Bertz CT molecular complexity index is 492. The molecule has 1 heterocycles. The Morgan fingerprint density at radius 2 is 1.88 bits per heavy atom. The minimum absolute atomic E-state index is 0. The van der Waals surface area contributed by atoms with Gasteiger partial charge in [0.25, 0.3) is 0 Å². The van der Waals surface area contributed by atoms with Gasteiger partial charge < -0.3 is 14.8 Å². The van der Waals surface area contributed by atoms with E-state index < -0.39 is 0 Å². The molecule has 0 aromatic heterocycles. The number of rotatable bonds is 6. The van der Waals surface area contributed by atoms with E-state index in [1.165, 1.54) is 24.8 Å². The normalized spacial score (nSPS) is 19.4. The standard InChI is InChI=1S/C18H28N2O2.2ClH/c1-3-22-17-13-15(7-8-16(17)21-2)18(14-5-4-6-14)20-11-9-19-10-12-20;;/h7-8,13-14,18-19H,3-6,9-12H2,1-2H3;2*1H/t18-;;/m0../s1. The fourth-order valence-corrected chi connectivity index (χ4v) is 3.64. The highest BCUT2D eigenvalue weighted by atomic mass is 35.5. The van der Waals surface area contributed by atoms with Gasteiger partial charge in [-0.1, -0.05) is 12.5 Å². The zero-order chi connectivity index (χ0) is 15.4. The van der Waals surface area contributed by atoms with Crippen LogP contribution in [0.15, 0.2) is 18.2 Å². The molecular formula is C18H30Cl2N2O2. The van der Waals surface area contributed by atoms with Gasteiger partial charge in [0, 0.05) is 32.2 Å². The van der Waals surface area contributed by atoms with Crippen molar-refractivity contribution in [2.24, 2.45) is 5.92 Å². The number of hydrogen-bond acceptors (Lipinski definition) is 4. The van der Waals surface area contributed by atoms with E-state index in [1.54, 1.807) is 7.11 Å². The number of ether oxygens (including phenoxy) is 2. The van der Waals surface area contributed by atoms with Crippen LogP contribution in [0.5, 0.6) is 11.5 Å². The number of nitrogens with zero attached hydrogens (tertiary/aromatic N) is 1. The van der Waals surface area contributed by atoms with Gasteiger partial charge in [0.05, 0.1) is 13.7 Å². The monoisotopic (exact) mass is 376 g/mol. The van der Waals surface area contributed by atoms with E-state index in [0.29, 0.717) is 12.6 Å². The highest BCUT2D eigenvalue weighted by Gasteiger charge is 2.33. The molecule has 1 aromatic rings. The summed E-state index contributed by atoms with van der Waals surface area (Å²) in [5, 5.41) is 3.46. The molecular weight excluding hydrogens is 347 g/mol. The number of halogens is 2. The Morgan fingerprint density at radius 3 is 2.42 bits per heavy atom. The summed E-state index contributed by atoms with van der Waals surface area (Å²) in [5.74, 6) is 2.50. The van der Waals surface area contributed by atoms with Crippen molar-refractivity contribution in [2.45, 2.75) is 32.2 Å². The van der Waals surface area contributed by atoms with E-state index in [2.05, 4.69) is 28.4 Å². The molecule has 0 bridgehead atoms. The maximum atomic E-state index is 5.78. The van der Waals surface area contributed by atoms with E-state index >= 15 is 0 Å². The van der Waals surface area contributed by atoms with Gasteiger partial charge in [-0.25, -0.2) is 0 Å². The third-order valence-corrected chi connectivity index (χ3v) is 4.97. The maximum absolute atomic E-state index is 5.78. The van der Waals surface area contributed by atoms with Crippen LogP contribution in [0.2, 0.25) is 0 Å². The van der Waals surface area contributed by atoms with Crippen LogP contribution in [-0.2, 0) is 0 Å². The molecule has 1 saturated heterocycles. The second-order valence-electron chi connectivity index (χ2n) is 6.27. The van der Waals surface area contributed by atoms with Crippen molar-refractivity contribution in [2.75, 3.05) is 39.9 Å². The molecule has 6 heteroatoms. The summed E-state index contributed by atoms with van der Waals surface area (Å²) in [7, 11) is 1.71. The topological polar surface area (TPSA) is 33.7 Å². The smallest absolute Gasteiger partial charge is 0.161 e. The number of benzene rings is 1. The molecule has 1 aromatic carbocycles. The summed E-state index contributed by atoms with van der Waals surface area (Å²) in [4.78, 5) is 2.65. The summed E-state index contributed by atoms with van der Waals surface area (Å²) in [6.07, 6.45) is 4.08. The highest BCUT2D eigenvalue weighted by Crippen LogP contribution is 2.43. The first-order chi connectivity index (χ1) is 10.8. The predicted octanol–water partition coefficient (Wildman–Crippen LogP) is 3.68. The van der Waals surface area contributed by atoms with Crippen LogP contribution in [0.3, 0.4) is 0 Å². The Hall–Kier alpha value is -0.680. The van der Waals surface area contributed by atoms with E-state index in [9.17, 15) is 0 Å². The molecule has 0 spiro atoms. The van der Waals surface area contributed by atoms with Gasteiger partial charge in [0.15, 0.2) is 11.5 Å². The highest BCUT2D eigenvalue weighted by molar-refractivity contribution is 5.85. The lowest BCUT2D eigenvalue weighted by Gasteiger charge is -2.43. The zero-order valence-electron chi connectivity index (χ0n) is 14.6. The Balaban J connectivity index is 0.00000144. The minimum Gasteiger partial charge on any atom is -0.493 e. The third kappa shape index (κ3) is 4.69. The second kappa shape index (κ2) is 10.3. The van der Waals surface area contributed by atoms with Crippen molar-refractivity contribution in [3.63, 3.8) is 0 Å². The van der Waals surface area contributed by atoms with Crippen molar-refractivity contribution >= 4 is 24.8 Å². The molecule has 2 aliphatic rings. The van der Waals surface area contributed by atoms with Gasteiger partial charge in [-0.05, 0) is 43.4 Å². The molecule has 1 saturated carbocycles. The summed E-state index contributed by atoms with van der Waals surface area (Å²) < 4.78 is 11.2. The zero-order valence-corrected chi connectivity index (χ0v) is 16.3. The molecule has 0 amide bonds. The van der Waals surface area contributed by atoms with Crippen LogP contribution < -0.4 is 14.8 Å². The fraction of sp³-hybridized carbons (Fsp3) is 0.667. The van der Waals surface area contributed by atoms with Crippen LogP contribution in [0.4, 0.5) is 0 Å². The lowest BCUT2D eigenvalue weighted by molar-refractivity contribution is 0.0834. The lowest BCUT2D eigenvalue weighted by Crippen LogP contribution is -2.47. The largest absolute Gasteiger partial charge is 0.493 e. The molecule has 24 heavy (non-hydrogen) atoms. The minimum atomic E-state index is 0. The predicted molar refractivity (Wildman–Crippen MR) is 103 cm³/mol. The van der Waals surface area contributed by atoms with E-state index in [1.807, 2.05) is 6.92 Å². The van der Waals surface area contributed by atoms with E-state index in [0.717, 1.165) is 43.6 Å². The molecule has 3 rings (SSSR count). The van der Waals surface area contributed by atoms with Crippen molar-refractivity contribution in [3.05, 3.63) is 23.8 Å². The SMILES string of the molecule is CCOc1cc([C@H](C2CCC2)N2CCNCC2)ccc1OC.Cl.Cl. The summed E-state index contributed by atoms with van der Waals surface area (Å²) in [6, 6.07) is 7.02. The molecule has 1 aliphatic heterocycles. The van der Waals surface area contributed by atoms with E-state index in [4.69, 9.17) is 9.47 Å². The van der Waals surface area contributed by atoms with Gasteiger partial charge in [-0.3, -0.25) is 4.90 Å². The molecule has 4 nitrogen and oxygen atoms in total. The summed E-state index contributed by atoms with van der Waals surface area (Å²) in [5.41, 5.74) is 1.39. The molecule has 1 aliphatic carbocycles. The van der Waals surface area contributed by atoms with E-state index in [-0.39, 0.29) is 24.8 Å². The van der Waals surface area contributed by atoms with Gasteiger partial charge in [0.2, 0.25) is 0 Å². The molecule has 0 unspecified atom stereocenters. The Kier molecular flexibility index (Phi) is 9.21. The molecule has 138 valence electrons. The number of hydrogen-bond donors (Lipinski definition) is 1. The van der Waals surface area contributed by atoms with Crippen LogP contribution in [0.25, 0.3) is 0 Å².